The molecule has 148 valence electrons. The predicted octanol–water partition coefficient (Wildman–Crippen LogP) is 1.22. The first kappa shape index (κ1) is 19.8. The highest BCUT2D eigenvalue weighted by molar-refractivity contribution is 7.89. The molecule has 1 saturated carbocycles. The molecule has 9 heteroatoms. The van der Waals surface area contributed by atoms with Crippen molar-refractivity contribution in [2.45, 2.75) is 49.1 Å². The van der Waals surface area contributed by atoms with Crippen LogP contribution in [0.1, 0.15) is 42.5 Å². The molecular formula is C18H24N2O6S. The summed E-state index contributed by atoms with van der Waals surface area (Å²) in [6.07, 6.45) is 2.95. The molecule has 8 nitrogen and oxygen atoms in total. The van der Waals surface area contributed by atoms with Crippen molar-refractivity contribution in [3.05, 3.63) is 29.8 Å². The maximum Gasteiger partial charge on any atom is 0.306 e. The second-order valence-corrected chi connectivity index (χ2v) is 8.69. The molecule has 1 aromatic carbocycles. The van der Waals surface area contributed by atoms with Gasteiger partial charge in [0, 0.05) is 24.7 Å². The molecule has 2 aliphatic rings. The molecule has 0 radical (unpaired) electrons. The zero-order valence-corrected chi connectivity index (χ0v) is 15.8. The lowest BCUT2D eigenvalue weighted by Crippen LogP contribution is -2.46. The number of carbonyl (C=O) groups is 2. The van der Waals surface area contributed by atoms with Crippen LogP contribution >= 0.6 is 0 Å². The largest absolute Gasteiger partial charge is 0.481 e. The van der Waals surface area contributed by atoms with E-state index in [-0.39, 0.29) is 42.0 Å². The van der Waals surface area contributed by atoms with Gasteiger partial charge in [0.1, 0.15) is 0 Å². The van der Waals surface area contributed by atoms with Crippen LogP contribution in [0.2, 0.25) is 0 Å². The maximum atomic E-state index is 12.8. The highest BCUT2D eigenvalue weighted by Crippen LogP contribution is 2.21. The van der Waals surface area contributed by atoms with E-state index in [1.165, 1.54) is 17.0 Å². The molecule has 1 amide bonds. The van der Waals surface area contributed by atoms with Crippen LogP contribution in [-0.4, -0.2) is 62.1 Å². The number of nitrogens with zero attached hydrogens (tertiary/aromatic N) is 1. The lowest BCUT2D eigenvalue weighted by atomic mass is 10.1. The molecule has 1 aromatic rings. The minimum Gasteiger partial charge on any atom is -0.481 e. The Bertz CT molecular complexity index is 804. The van der Waals surface area contributed by atoms with E-state index in [1.54, 1.807) is 12.1 Å². The summed E-state index contributed by atoms with van der Waals surface area (Å²) in [6, 6.07) is 5.91. The van der Waals surface area contributed by atoms with Gasteiger partial charge in [-0.2, -0.15) is 0 Å². The van der Waals surface area contributed by atoms with E-state index in [9.17, 15) is 18.0 Å². The van der Waals surface area contributed by atoms with E-state index in [1.807, 2.05) is 0 Å². The van der Waals surface area contributed by atoms with Crippen LogP contribution in [0.4, 0.5) is 0 Å². The number of aliphatic carboxylic acids is 1. The number of carboxylic acid groups (broad SMARTS) is 1. The van der Waals surface area contributed by atoms with Crippen molar-refractivity contribution in [2.24, 2.45) is 0 Å². The smallest absolute Gasteiger partial charge is 0.306 e. The molecule has 3 rings (SSSR count). The van der Waals surface area contributed by atoms with Crippen LogP contribution in [0.25, 0.3) is 0 Å². The molecule has 1 aliphatic heterocycles. The Kier molecular flexibility index (Phi) is 6.13. The van der Waals surface area contributed by atoms with Crippen LogP contribution in [0.15, 0.2) is 29.2 Å². The van der Waals surface area contributed by atoms with Crippen LogP contribution in [0, 0.1) is 0 Å². The molecule has 1 heterocycles. The first-order valence-electron chi connectivity index (χ1n) is 9.10. The van der Waals surface area contributed by atoms with Crippen molar-refractivity contribution in [1.82, 2.24) is 9.62 Å². The van der Waals surface area contributed by atoms with Gasteiger partial charge in [0.05, 0.1) is 24.0 Å². The SMILES string of the molecule is O=C(O)CC1CN(C(=O)c2cccc(S(=O)(=O)NC3CCCC3)c2)CCO1. The van der Waals surface area contributed by atoms with Crippen molar-refractivity contribution in [3.63, 3.8) is 0 Å². The number of benzene rings is 1. The fourth-order valence-corrected chi connectivity index (χ4v) is 4.88. The topological polar surface area (TPSA) is 113 Å². The molecule has 2 N–H and O–H groups in total. The van der Waals surface area contributed by atoms with E-state index in [0.717, 1.165) is 25.7 Å². The average Bonchev–Trinajstić information content (AvgIpc) is 3.13. The Morgan fingerprint density at radius 1 is 1.26 bits per heavy atom. The van der Waals surface area contributed by atoms with Gasteiger partial charge in [0.2, 0.25) is 10.0 Å². The third-order valence-electron chi connectivity index (χ3n) is 4.90. The second-order valence-electron chi connectivity index (χ2n) is 6.97. The Morgan fingerprint density at radius 3 is 2.70 bits per heavy atom. The van der Waals surface area contributed by atoms with Crippen molar-refractivity contribution in [1.29, 1.82) is 0 Å². The van der Waals surface area contributed by atoms with Gasteiger partial charge in [-0.05, 0) is 31.0 Å². The first-order valence-corrected chi connectivity index (χ1v) is 10.6. The Morgan fingerprint density at radius 2 is 2.00 bits per heavy atom. The number of carbonyl (C=O) groups excluding carboxylic acids is 1. The number of hydrogen-bond acceptors (Lipinski definition) is 5. The molecule has 2 fully saturated rings. The molecule has 27 heavy (non-hydrogen) atoms. The zero-order chi connectivity index (χ0) is 19.4. The average molecular weight is 396 g/mol. The molecule has 1 aliphatic carbocycles. The summed E-state index contributed by atoms with van der Waals surface area (Å²) in [6.45, 7) is 0.763. The molecule has 0 aromatic heterocycles. The first-order chi connectivity index (χ1) is 12.8. The molecule has 0 spiro atoms. The van der Waals surface area contributed by atoms with Gasteiger partial charge in [-0.25, -0.2) is 13.1 Å². The number of hydrogen-bond donors (Lipinski definition) is 2. The van der Waals surface area contributed by atoms with E-state index < -0.39 is 22.1 Å². The zero-order valence-electron chi connectivity index (χ0n) is 15.0. The third kappa shape index (κ3) is 5.06. The summed E-state index contributed by atoms with van der Waals surface area (Å²) in [7, 11) is -3.68. The van der Waals surface area contributed by atoms with Gasteiger partial charge >= 0.3 is 5.97 Å². The minimum atomic E-state index is -3.68. The van der Waals surface area contributed by atoms with Crippen LogP contribution in [0.3, 0.4) is 0 Å². The van der Waals surface area contributed by atoms with E-state index in [2.05, 4.69) is 4.72 Å². The number of morpholine rings is 1. The fraction of sp³-hybridized carbons (Fsp3) is 0.556. The summed E-state index contributed by atoms with van der Waals surface area (Å²) in [5, 5.41) is 8.89. The lowest BCUT2D eigenvalue weighted by Gasteiger charge is -2.32. The van der Waals surface area contributed by atoms with E-state index in [0.29, 0.717) is 6.54 Å². The Hall–Kier alpha value is -1.97. The summed E-state index contributed by atoms with van der Waals surface area (Å²) < 4.78 is 33.3. The summed E-state index contributed by atoms with van der Waals surface area (Å²) in [4.78, 5) is 25.2. The predicted molar refractivity (Wildman–Crippen MR) is 96.9 cm³/mol. The van der Waals surface area contributed by atoms with E-state index in [4.69, 9.17) is 9.84 Å². The van der Waals surface area contributed by atoms with Gasteiger partial charge < -0.3 is 14.7 Å². The standard InChI is InChI=1S/C18H24N2O6S/c21-17(22)11-15-12-20(8-9-26-15)18(23)13-4-3-7-16(10-13)27(24,25)19-14-5-1-2-6-14/h3-4,7,10,14-15,19H,1-2,5-6,8-9,11-12H2,(H,21,22). The minimum absolute atomic E-state index is 0.0506. The molecule has 1 saturated heterocycles. The van der Waals surface area contributed by atoms with Gasteiger partial charge in [-0.15, -0.1) is 0 Å². The van der Waals surface area contributed by atoms with Crippen LogP contribution in [0.5, 0.6) is 0 Å². The molecule has 1 unspecified atom stereocenters. The Balaban J connectivity index is 1.72. The molecular weight excluding hydrogens is 372 g/mol. The van der Waals surface area contributed by atoms with Crippen LogP contribution in [-0.2, 0) is 19.6 Å². The molecule has 1 atom stereocenters. The van der Waals surface area contributed by atoms with E-state index >= 15 is 0 Å². The van der Waals surface area contributed by atoms with Gasteiger partial charge in [0.15, 0.2) is 0 Å². The Labute approximate surface area is 158 Å². The lowest BCUT2D eigenvalue weighted by molar-refractivity contribution is -0.141. The van der Waals surface area contributed by atoms with Crippen molar-refractivity contribution in [2.75, 3.05) is 19.7 Å². The second kappa shape index (κ2) is 8.37. The quantitative estimate of drug-likeness (QED) is 0.748. The number of amides is 1. The molecule has 0 bridgehead atoms. The highest BCUT2D eigenvalue weighted by atomic mass is 32.2. The third-order valence-corrected chi connectivity index (χ3v) is 6.41. The number of rotatable bonds is 6. The number of carboxylic acids is 1. The van der Waals surface area contributed by atoms with Crippen molar-refractivity contribution in [3.8, 4) is 0 Å². The number of sulfonamides is 1. The van der Waals surface area contributed by atoms with Gasteiger partial charge in [0.25, 0.3) is 5.91 Å². The van der Waals surface area contributed by atoms with Gasteiger partial charge in [-0.3, -0.25) is 9.59 Å². The van der Waals surface area contributed by atoms with Crippen molar-refractivity contribution < 1.29 is 27.9 Å². The number of ether oxygens (including phenoxy) is 1. The van der Waals surface area contributed by atoms with Crippen molar-refractivity contribution >= 4 is 21.9 Å². The highest BCUT2D eigenvalue weighted by Gasteiger charge is 2.28. The van der Waals surface area contributed by atoms with Crippen LogP contribution < -0.4 is 4.72 Å². The maximum absolute atomic E-state index is 12.8. The normalized spacial score (nSPS) is 21.3. The number of nitrogens with one attached hydrogen (secondary N) is 1. The summed E-state index contributed by atoms with van der Waals surface area (Å²) in [5.74, 6) is -1.31. The summed E-state index contributed by atoms with van der Waals surface area (Å²) in [5.41, 5.74) is 0.264. The summed E-state index contributed by atoms with van der Waals surface area (Å²) >= 11 is 0. The fourth-order valence-electron chi connectivity index (χ4n) is 3.53. The van der Waals surface area contributed by atoms with Gasteiger partial charge in [-0.1, -0.05) is 18.9 Å². The monoisotopic (exact) mass is 396 g/mol.